The van der Waals surface area contributed by atoms with Crippen LogP contribution in [0.2, 0.25) is 0 Å². The van der Waals surface area contributed by atoms with Gasteiger partial charge in [-0.15, -0.1) is 0 Å². The number of carbonyl (C=O) groups excluding carboxylic acids is 1. The van der Waals surface area contributed by atoms with Gasteiger partial charge in [-0.1, -0.05) is 18.2 Å². The van der Waals surface area contributed by atoms with Crippen LogP contribution in [0, 0.1) is 5.82 Å². The Labute approximate surface area is 109 Å². The standard InChI is InChI=1S/C14H13FN2O2/c15-12-5-3-11(4-6-12)13(18)14(19)17-9-10-2-1-7-16-8-10/h1-8,13,18H,9H2,(H,17,19). The molecule has 1 aromatic carbocycles. The van der Waals surface area contributed by atoms with Crippen LogP contribution in [0.5, 0.6) is 0 Å². The van der Waals surface area contributed by atoms with E-state index in [2.05, 4.69) is 10.3 Å². The third-order valence-electron chi connectivity index (χ3n) is 2.62. The topological polar surface area (TPSA) is 62.2 Å². The van der Waals surface area contributed by atoms with Crippen LogP contribution in [-0.4, -0.2) is 16.0 Å². The van der Waals surface area contributed by atoms with Crippen molar-refractivity contribution in [1.29, 1.82) is 0 Å². The number of amides is 1. The SMILES string of the molecule is O=C(NCc1cccnc1)C(O)c1ccc(F)cc1. The van der Waals surface area contributed by atoms with Crippen molar-refractivity contribution in [2.45, 2.75) is 12.6 Å². The number of aromatic nitrogens is 1. The minimum Gasteiger partial charge on any atom is -0.378 e. The van der Waals surface area contributed by atoms with Crippen LogP contribution in [0.3, 0.4) is 0 Å². The molecule has 1 heterocycles. The van der Waals surface area contributed by atoms with Crippen LogP contribution in [0.25, 0.3) is 0 Å². The van der Waals surface area contributed by atoms with E-state index in [-0.39, 0.29) is 6.54 Å². The van der Waals surface area contributed by atoms with Crippen molar-refractivity contribution in [3.05, 3.63) is 65.7 Å². The summed E-state index contributed by atoms with van der Waals surface area (Å²) in [6, 6.07) is 8.74. The second-order valence-electron chi connectivity index (χ2n) is 4.03. The van der Waals surface area contributed by atoms with E-state index < -0.39 is 17.8 Å². The molecule has 2 N–H and O–H groups in total. The fraction of sp³-hybridized carbons (Fsp3) is 0.143. The summed E-state index contributed by atoms with van der Waals surface area (Å²) in [6.07, 6.45) is 1.96. The highest BCUT2D eigenvalue weighted by atomic mass is 19.1. The molecular weight excluding hydrogens is 247 g/mol. The van der Waals surface area contributed by atoms with Gasteiger partial charge in [0.15, 0.2) is 6.10 Å². The number of aliphatic hydroxyl groups excluding tert-OH is 1. The molecule has 0 aliphatic rings. The van der Waals surface area contributed by atoms with Gasteiger partial charge < -0.3 is 10.4 Å². The maximum Gasteiger partial charge on any atom is 0.253 e. The zero-order chi connectivity index (χ0) is 13.7. The number of rotatable bonds is 4. The molecule has 4 nitrogen and oxygen atoms in total. The molecule has 1 atom stereocenters. The van der Waals surface area contributed by atoms with Crippen molar-refractivity contribution in [3.63, 3.8) is 0 Å². The first-order valence-electron chi connectivity index (χ1n) is 5.77. The molecule has 0 aliphatic carbocycles. The molecule has 1 aromatic heterocycles. The summed E-state index contributed by atoms with van der Waals surface area (Å²) in [7, 11) is 0. The maximum atomic E-state index is 12.7. The van der Waals surface area contributed by atoms with Gasteiger partial charge in [-0.2, -0.15) is 0 Å². The molecule has 98 valence electrons. The molecule has 19 heavy (non-hydrogen) atoms. The monoisotopic (exact) mass is 260 g/mol. The Morgan fingerprint density at radius 3 is 2.68 bits per heavy atom. The molecule has 0 aliphatic heterocycles. The predicted octanol–water partition coefficient (Wildman–Crippen LogP) is 1.57. The lowest BCUT2D eigenvalue weighted by atomic mass is 10.1. The van der Waals surface area contributed by atoms with E-state index in [4.69, 9.17) is 0 Å². The first-order chi connectivity index (χ1) is 9.16. The highest BCUT2D eigenvalue weighted by molar-refractivity contribution is 5.81. The molecule has 2 aromatic rings. The number of benzene rings is 1. The Morgan fingerprint density at radius 2 is 2.05 bits per heavy atom. The summed E-state index contributed by atoms with van der Waals surface area (Å²) in [5.41, 5.74) is 1.19. The van der Waals surface area contributed by atoms with Gasteiger partial charge in [-0.25, -0.2) is 4.39 Å². The third kappa shape index (κ3) is 3.59. The number of carbonyl (C=O) groups is 1. The van der Waals surface area contributed by atoms with Gasteiger partial charge >= 0.3 is 0 Å². The summed E-state index contributed by atoms with van der Waals surface area (Å²) in [6.45, 7) is 0.283. The average molecular weight is 260 g/mol. The highest BCUT2D eigenvalue weighted by Gasteiger charge is 2.16. The van der Waals surface area contributed by atoms with Crippen LogP contribution in [0.15, 0.2) is 48.8 Å². The average Bonchev–Trinajstić information content (AvgIpc) is 2.46. The van der Waals surface area contributed by atoms with Gasteiger partial charge in [0.05, 0.1) is 0 Å². The van der Waals surface area contributed by atoms with E-state index in [1.54, 1.807) is 18.5 Å². The van der Waals surface area contributed by atoms with Crippen LogP contribution in [0.4, 0.5) is 4.39 Å². The van der Waals surface area contributed by atoms with Crippen molar-refractivity contribution in [1.82, 2.24) is 10.3 Å². The lowest BCUT2D eigenvalue weighted by molar-refractivity contribution is -0.129. The highest BCUT2D eigenvalue weighted by Crippen LogP contribution is 2.13. The molecule has 2 rings (SSSR count). The Morgan fingerprint density at radius 1 is 1.32 bits per heavy atom. The van der Waals surface area contributed by atoms with E-state index in [9.17, 15) is 14.3 Å². The first kappa shape index (κ1) is 13.2. The summed E-state index contributed by atoms with van der Waals surface area (Å²) >= 11 is 0. The van der Waals surface area contributed by atoms with E-state index in [1.807, 2.05) is 6.07 Å². The third-order valence-corrected chi connectivity index (χ3v) is 2.62. The Balaban J connectivity index is 1.94. The van der Waals surface area contributed by atoms with Crippen molar-refractivity contribution in [3.8, 4) is 0 Å². The number of hydrogen-bond donors (Lipinski definition) is 2. The lowest BCUT2D eigenvalue weighted by Gasteiger charge is -2.11. The Bertz CT molecular complexity index is 543. The second-order valence-corrected chi connectivity index (χ2v) is 4.03. The van der Waals surface area contributed by atoms with Crippen LogP contribution in [-0.2, 0) is 11.3 Å². The Kier molecular flexibility index (Phi) is 4.20. The van der Waals surface area contributed by atoms with E-state index in [0.717, 1.165) is 5.56 Å². The number of halogens is 1. The van der Waals surface area contributed by atoms with Gasteiger partial charge in [-0.3, -0.25) is 9.78 Å². The van der Waals surface area contributed by atoms with Gasteiger partial charge in [0.1, 0.15) is 5.82 Å². The molecule has 0 saturated carbocycles. The number of aliphatic hydroxyl groups is 1. The van der Waals surface area contributed by atoms with Crippen molar-refractivity contribution < 1.29 is 14.3 Å². The molecule has 1 unspecified atom stereocenters. The summed E-state index contributed by atoms with van der Waals surface area (Å²) in [4.78, 5) is 15.6. The van der Waals surface area contributed by atoms with Crippen molar-refractivity contribution in [2.75, 3.05) is 0 Å². The fourth-order valence-corrected chi connectivity index (χ4v) is 1.58. The van der Waals surface area contributed by atoms with Crippen molar-refractivity contribution in [2.24, 2.45) is 0 Å². The lowest BCUT2D eigenvalue weighted by Crippen LogP contribution is -2.28. The first-order valence-corrected chi connectivity index (χ1v) is 5.77. The minimum absolute atomic E-state index is 0.283. The van der Waals surface area contributed by atoms with E-state index >= 15 is 0 Å². The summed E-state index contributed by atoms with van der Waals surface area (Å²) < 4.78 is 12.7. The van der Waals surface area contributed by atoms with E-state index in [1.165, 1.54) is 24.3 Å². The van der Waals surface area contributed by atoms with Gasteiger partial charge in [0, 0.05) is 18.9 Å². The summed E-state index contributed by atoms with van der Waals surface area (Å²) in [5.74, 6) is -0.942. The molecule has 0 radical (unpaired) electrons. The van der Waals surface area contributed by atoms with Crippen LogP contribution in [0.1, 0.15) is 17.2 Å². The quantitative estimate of drug-likeness (QED) is 0.877. The molecule has 0 bridgehead atoms. The second kappa shape index (κ2) is 6.06. The zero-order valence-corrected chi connectivity index (χ0v) is 10.1. The molecule has 0 spiro atoms. The number of nitrogens with one attached hydrogen (secondary N) is 1. The molecule has 1 amide bonds. The zero-order valence-electron chi connectivity index (χ0n) is 10.1. The summed E-state index contributed by atoms with van der Waals surface area (Å²) in [5, 5.41) is 12.4. The number of pyridine rings is 1. The molecular formula is C14H13FN2O2. The molecule has 0 fully saturated rings. The van der Waals surface area contributed by atoms with Crippen LogP contribution < -0.4 is 5.32 Å². The van der Waals surface area contributed by atoms with Crippen molar-refractivity contribution >= 4 is 5.91 Å². The number of nitrogens with zero attached hydrogens (tertiary/aromatic N) is 1. The smallest absolute Gasteiger partial charge is 0.253 e. The number of hydrogen-bond acceptors (Lipinski definition) is 3. The fourth-order valence-electron chi connectivity index (χ4n) is 1.58. The van der Waals surface area contributed by atoms with E-state index in [0.29, 0.717) is 5.56 Å². The predicted molar refractivity (Wildman–Crippen MR) is 67.4 cm³/mol. The van der Waals surface area contributed by atoms with Gasteiger partial charge in [-0.05, 0) is 29.3 Å². The minimum atomic E-state index is -1.31. The van der Waals surface area contributed by atoms with Gasteiger partial charge in [0.2, 0.25) is 0 Å². The van der Waals surface area contributed by atoms with Gasteiger partial charge in [0.25, 0.3) is 5.91 Å². The largest absolute Gasteiger partial charge is 0.378 e. The van der Waals surface area contributed by atoms with Crippen LogP contribution >= 0.6 is 0 Å². The Hall–Kier alpha value is -2.27. The molecule has 0 saturated heterocycles. The normalized spacial score (nSPS) is 11.9. The maximum absolute atomic E-state index is 12.7. The molecule has 5 heteroatoms.